The maximum Gasteiger partial charge on any atom is 0.287 e. The highest BCUT2D eigenvalue weighted by Gasteiger charge is 2.37. The van der Waals surface area contributed by atoms with Gasteiger partial charge in [0.1, 0.15) is 5.69 Å². The van der Waals surface area contributed by atoms with Gasteiger partial charge < -0.3 is 14.8 Å². The van der Waals surface area contributed by atoms with Crippen molar-refractivity contribution in [3.63, 3.8) is 0 Å². The molecule has 0 aliphatic carbocycles. The molecule has 0 bridgehead atoms. The van der Waals surface area contributed by atoms with Crippen LogP contribution in [0.25, 0.3) is 0 Å². The van der Waals surface area contributed by atoms with E-state index in [1.807, 2.05) is 11.8 Å². The molecule has 1 amide bonds. The van der Waals surface area contributed by atoms with Crippen LogP contribution in [0.3, 0.4) is 0 Å². The van der Waals surface area contributed by atoms with Crippen LogP contribution in [0.5, 0.6) is 0 Å². The van der Waals surface area contributed by atoms with Gasteiger partial charge in [-0.3, -0.25) is 14.9 Å². The maximum atomic E-state index is 12.7. The molecule has 2 saturated heterocycles. The van der Waals surface area contributed by atoms with Crippen molar-refractivity contribution in [3.05, 3.63) is 28.1 Å². The lowest BCUT2D eigenvalue weighted by atomic mass is 9.94. The zero-order valence-electron chi connectivity index (χ0n) is 12.1. The number of rotatable bonds is 3. The molecule has 2 aliphatic rings. The minimum Gasteiger partial charge on any atom is -0.337 e. The van der Waals surface area contributed by atoms with E-state index in [2.05, 4.69) is 5.32 Å². The fraction of sp³-hybridized carbons (Fsp3) is 0.643. The molecule has 0 unspecified atom stereocenters. The van der Waals surface area contributed by atoms with E-state index in [4.69, 9.17) is 0 Å². The summed E-state index contributed by atoms with van der Waals surface area (Å²) in [5.41, 5.74) is 0.401. The monoisotopic (exact) mass is 292 g/mol. The Balaban J connectivity index is 1.80. The van der Waals surface area contributed by atoms with Gasteiger partial charge in [-0.2, -0.15) is 0 Å². The third-order valence-electron chi connectivity index (χ3n) is 4.54. The van der Waals surface area contributed by atoms with Gasteiger partial charge in [0, 0.05) is 31.7 Å². The maximum absolute atomic E-state index is 12.7. The Labute approximate surface area is 123 Å². The summed E-state index contributed by atoms with van der Waals surface area (Å²) in [6.45, 7) is 4.89. The Morgan fingerprint density at radius 2 is 2.33 bits per heavy atom. The first-order valence-electron chi connectivity index (χ1n) is 7.47. The van der Waals surface area contributed by atoms with Crippen LogP contribution in [0.15, 0.2) is 12.3 Å². The zero-order chi connectivity index (χ0) is 15.0. The summed E-state index contributed by atoms with van der Waals surface area (Å²) >= 11 is 0. The van der Waals surface area contributed by atoms with Crippen LogP contribution in [0, 0.1) is 16.0 Å². The van der Waals surface area contributed by atoms with Crippen LogP contribution >= 0.6 is 0 Å². The number of hydrogen-bond acceptors (Lipinski definition) is 4. The molecular weight excluding hydrogens is 272 g/mol. The molecule has 21 heavy (non-hydrogen) atoms. The summed E-state index contributed by atoms with van der Waals surface area (Å²) in [6.07, 6.45) is 3.74. The summed E-state index contributed by atoms with van der Waals surface area (Å²) in [5, 5.41) is 14.3. The number of fused-ring (bicyclic) bond motifs is 1. The topological polar surface area (TPSA) is 80.4 Å². The average molecular weight is 292 g/mol. The van der Waals surface area contributed by atoms with E-state index in [1.54, 1.807) is 4.57 Å². The number of nitrogens with zero attached hydrogens (tertiary/aromatic N) is 3. The lowest BCUT2D eigenvalue weighted by Gasteiger charge is -2.24. The lowest BCUT2D eigenvalue weighted by molar-refractivity contribution is -0.384. The van der Waals surface area contributed by atoms with Crippen LogP contribution < -0.4 is 5.32 Å². The van der Waals surface area contributed by atoms with Crippen LogP contribution in [0.1, 0.15) is 30.3 Å². The lowest BCUT2D eigenvalue weighted by Crippen LogP contribution is -2.41. The number of carbonyl (C=O) groups excluding carboxylic acids is 1. The number of hydrogen-bond donors (Lipinski definition) is 1. The molecule has 7 nitrogen and oxygen atoms in total. The van der Waals surface area contributed by atoms with Gasteiger partial charge in [-0.25, -0.2) is 0 Å². The van der Waals surface area contributed by atoms with Crippen molar-refractivity contribution in [2.45, 2.75) is 32.4 Å². The number of nitro groups is 1. The average Bonchev–Trinajstić information content (AvgIpc) is 3.10. The molecule has 3 rings (SSSR count). The second kappa shape index (κ2) is 5.48. The van der Waals surface area contributed by atoms with E-state index >= 15 is 0 Å². The minimum atomic E-state index is -0.450. The van der Waals surface area contributed by atoms with E-state index in [-0.39, 0.29) is 11.6 Å². The van der Waals surface area contributed by atoms with Crippen molar-refractivity contribution in [2.24, 2.45) is 5.92 Å². The summed E-state index contributed by atoms with van der Waals surface area (Å²) in [4.78, 5) is 24.9. The van der Waals surface area contributed by atoms with Crippen LogP contribution in [-0.2, 0) is 6.54 Å². The Hall–Kier alpha value is -1.89. The molecule has 1 N–H and O–H groups in total. The first-order valence-corrected chi connectivity index (χ1v) is 7.47. The van der Waals surface area contributed by atoms with Gasteiger partial charge in [0.25, 0.3) is 11.6 Å². The predicted octanol–water partition coefficient (Wildman–Crippen LogP) is 1.24. The molecule has 0 saturated carbocycles. The van der Waals surface area contributed by atoms with E-state index in [9.17, 15) is 14.9 Å². The summed E-state index contributed by atoms with van der Waals surface area (Å²) < 4.78 is 1.66. The predicted molar refractivity (Wildman–Crippen MR) is 77.2 cm³/mol. The number of carbonyl (C=O) groups is 1. The molecule has 0 spiro atoms. The Bertz CT molecular complexity index is 555. The molecule has 2 atom stereocenters. The molecule has 0 radical (unpaired) electrons. The number of nitrogens with one attached hydrogen (secondary N) is 1. The molecule has 7 heteroatoms. The Kier molecular flexibility index (Phi) is 3.67. The van der Waals surface area contributed by atoms with Crippen LogP contribution in [0.2, 0.25) is 0 Å². The van der Waals surface area contributed by atoms with Gasteiger partial charge in [0.15, 0.2) is 0 Å². The largest absolute Gasteiger partial charge is 0.337 e. The first kappa shape index (κ1) is 14.1. The summed E-state index contributed by atoms with van der Waals surface area (Å²) in [7, 11) is 0. The Morgan fingerprint density at radius 1 is 1.52 bits per heavy atom. The molecular formula is C14H20N4O3. The van der Waals surface area contributed by atoms with E-state index in [0.717, 1.165) is 25.9 Å². The fourth-order valence-electron chi connectivity index (χ4n) is 3.41. The Morgan fingerprint density at radius 3 is 3.00 bits per heavy atom. The highest BCUT2D eigenvalue weighted by atomic mass is 16.6. The smallest absolute Gasteiger partial charge is 0.287 e. The SMILES string of the molecule is CCn1cc([N+](=O)[O-])cc1C(=O)N1C[C@@H]2CCCN[C@@H]2C1. The van der Waals surface area contributed by atoms with Crippen molar-refractivity contribution in [2.75, 3.05) is 19.6 Å². The highest BCUT2D eigenvalue weighted by Crippen LogP contribution is 2.27. The number of aryl methyl sites for hydroxylation is 1. The van der Waals surface area contributed by atoms with Gasteiger partial charge >= 0.3 is 0 Å². The van der Waals surface area contributed by atoms with Gasteiger partial charge in [-0.1, -0.05) is 0 Å². The fourth-order valence-corrected chi connectivity index (χ4v) is 3.41. The molecule has 114 valence electrons. The summed E-state index contributed by atoms with van der Waals surface area (Å²) in [6, 6.07) is 1.77. The van der Waals surface area contributed by atoms with Gasteiger partial charge in [0.05, 0.1) is 11.1 Å². The number of piperidine rings is 1. The molecule has 0 aromatic carbocycles. The van der Waals surface area contributed by atoms with E-state index < -0.39 is 4.92 Å². The summed E-state index contributed by atoms with van der Waals surface area (Å²) in [5.74, 6) is 0.420. The van der Waals surface area contributed by atoms with Crippen molar-refractivity contribution in [3.8, 4) is 0 Å². The van der Waals surface area contributed by atoms with E-state index in [1.165, 1.54) is 12.3 Å². The van der Waals surface area contributed by atoms with Gasteiger partial charge in [0.2, 0.25) is 0 Å². The van der Waals surface area contributed by atoms with Crippen LogP contribution in [0.4, 0.5) is 5.69 Å². The molecule has 2 fully saturated rings. The second-order valence-electron chi connectivity index (χ2n) is 5.80. The minimum absolute atomic E-state index is 0.0186. The molecule has 1 aromatic rings. The quantitative estimate of drug-likeness (QED) is 0.671. The standard InChI is InChI=1S/C14H20N4O3/c1-2-16-8-11(18(20)21)6-13(16)14(19)17-7-10-4-3-5-15-12(10)9-17/h6,8,10,12,15H,2-5,7,9H2,1H3/t10-,12+/m0/s1. The molecule has 1 aromatic heterocycles. The van der Waals surface area contributed by atoms with Crippen molar-refractivity contribution in [1.29, 1.82) is 0 Å². The van der Waals surface area contributed by atoms with Crippen molar-refractivity contribution in [1.82, 2.24) is 14.8 Å². The third-order valence-corrected chi connectivity index (χ3v) is 4.54. The van der Waals surface area contributed by atoms with Crippen molar-refractivity contribution < 1.29 is 9.72 Å². The number of likely N-dealkylation sites (tertiary alicyclic amines) is 1. The van der Waals surface area contributed by atoms with Gasteiger partial charge in [-0.05, 0) is 32.2 Å². The molecule has 3 heterocycles. The van der Waals surface area contributed by atoms with E-state index in [0.29, 0.717) is 30.7 Å². The normalized spacial score (nSPS) is 24.9. The third kappa shape index (κ3) is 2.53. The van der Waals surface area contributed by atoms with Crippen molar-refractivity contribution >= 4 is 11.6 Å². The number of aromatic nitrogens is 1. The second-order valence-corrected chi connectivity index (χ2v) is 5.80. The first-order chi connectivity index (χ1) is 10.1. The van der Waals surface area contributed by atoms with Crippen LogP contribution in [-0.4, -0.2) is 46.0 Å². The number of amides is 1. The zero-order valence-corrected chi connectivity index (χ0v) is 12.1. The highest BCUT2D eigenvalue weighted by molar-refractivity contribution is 5.93. The van der Waals surface area contributed by atoms with Gasteiger partial charge in [-0.15, -0.1) is 0 Å². The molecule has 2 aliphatic heterocycles.